The number of carbonyl (C=O) groups excluding carboxylic acids is 2. The zero-order chi connectivity index (χ0) is 27.8. The van der Waals surface area contributed by atoms with Crippen LogP contribution in [0.15, 0.2) is 78.9 Å². The fraction of sp³-hybridized carbons (Fsp3) is 0.310. The third-order valence-electron chi connectivity index (χ3n) is 7.44. The third-order valence-corrected chi connectivity index (χ3v) is 7.69. The van der Waals surface area contributed by atoms with E-state index in [1.165, 1.54) is 0 Å². The third kappa shape index (κ3) is 3.95. The van der Waals surface area contributed by atoms with Gasteiger partial charge in [0.05, 0.1) is 13.2 Å². The monoisotopic (exact) mass is 550 g/mol. The summed E-state index contributed by atoms with van der Waals surface area (Å²) in [7, 11) is 0. The van der Waals surface area contributed by atoms with Gasteiger partial charge in [-0.3, -0.25) is 15.4 Å². The molecule has 0 spiro atoms. The summed E-state index contributed by atoms with van der Waals surface area (Å²) in [5.74, 6) is -2.96. The fourth-order valence-electron chi connectivity index (χ4n) is 5.97. The highest BCUT2D eigenvalue weighted by atomic mass is 35.5. The fourth-order valence-corrected chi connectivity index (χ4v) is 6.10. The molecule has 3 aromatic carbocycles. The van der Waals surface area contributed by atoms with Crippen LogP contribution < -0.4 is 10.1 Å². The molecule has 39 heavy (non-hydrogen) atoms. The number of hydrogen-bond acceptors (Lipinski definition) is 8. The van der Waals surface area contributed by atoms with Crippen LogP contribution in [0.5, 0.6) is 5.75 Å². The van der Waals surface area contributed by atoms with Crippen molar-refractivity contribution in [1.29, 1.82) is 0 Å². The van der Waals surface area contributed by atoms with Gasteiger partial charge in [-0.05, 0) is 43.2 Å². The number of nitrogens with one attached hydrogen (secondary N) is 1. The Hall–Kier alpha value is -3.95. The molecule has 2 aliphatic rings. The molecule has 0 radical (unpaired) electrons. The van der Waals surface area contributed by atoms with Crippen LogP contribution in [0.25, 0.3) is 0 Å². The summed E-state index contributed by atoms with van der Waals surface area (Å²) in [5.41, 5.74) is -3.06. The van der Waals surface area contributed by atoms with E-state index in [0.717, 1.165) is 0 Å². The van der Waals surface area contributed by atoms with E-state index >= 15 is 0 Å². The molecule has 0 unspecified atom stereocenters. The Morgan fingerprint density at radius 1 is 0.923 bits per heavy atom. The van der Waals surface area contributed by atoms with Crippen LogP contribution >= 0.6 is 11.6 Å². The summed E-state index contributed by atoms with van der Waals surface area (Å²) in [4.78, 5) is 41.0. The lowest BCUT2D eigenvalue weighted by Crippen LogP contribution is -2.62. The molecule has 4 atom stereocenters. The van der Waals surface area contributed by atoms with E-state index in [1.54, 1.807) is 92.7 Å². The van der Waals surface area contributed by atoms with E-state index in [0.29, 0.717) is 27.5 Å². The molecule has 1 N–H and O–H groups in total. The van der Waals surface area contributed by atoms with Crippen LogP contribution in [0.3, 0.4) is 0 Å². The number of benzene rings is 3. The van der Waals surface area contributed by atoms with E-state index in [2.05, 4.69) is 5.32 Å². The van der Waals surface area contributed by atoms with Crippen LogP contribution in [-0.2, 0) is 19.1 Å². The van der Waals surface area contributed by atoms with Crippen molar-refractivity contribution < 1.29 is 28.7 Å². The summed E-state index contributed by atoms with van der Waals surface area (Å²) < 4.78 is 17.3. The van der Waals surface area contributed by atoms with E-state index in [9.17, 15) is 19.7 Å². The first-order chi connectivity index (χ1) is 18.8. The molecule has 0 bridgehead atoms. The second-order valence-electron chi connectivity index (χ2n) is 9.40. The van der Waals surface area contributed by atoms with Gasteiger partial charge in [0.25, 0.3) is 5.54 Å². The quantitative estimate of drug-likeness (QED) is 0.193. The Morgan fingerprint density at radius 3 is 2.10 bits per heavy atom. The van der Waals surface area contributed by atoms with Gasteiger partial charge in [0.2, 0.25) is 5.54 Å². The maximum Gasteiger partial charge on any atom is 0.339 e. The Morgan fingerprint density at radius 2 is 1.51 bits per heavy atom. The number of halogens is 1. The lowest BCUT2D eigenvalue weighted by molar-refractivity contribution is -0.591. The number of rotatable bonds is 7. The van der Waals surface area contributed by atoms with Crippen molar-refractivity contribution in [3.05, 3.63) is 111 Å². The molecule has 1 fully saturated rings. The van der Waals surface area contributed by atoms with Crippen molar-refractivity contribution in [2.75, 3.05) is 13.2 Å². The molecule has 202 valence electrons. The number of nitro groups is 1. The van der Waals surface area contributed by atoms with Crippen LogP contribution in [0.4, 0.5) is 0 Å². The summed E-state index contributed by atoms with van der Waals surface area (Å²) >= 11 is 6.15. The summed E-state index contributed by atoms with van der Waals surface area (Å²) in [5, 5.41) is 17.2. The van der Waals surface area contributed by atoms with Gasteiger partial charge in [0, 0.05) is 15.5 Å². The van der Waals surface area contributed by atoms with E-state index in [-0.39, 0.29) is 13.2 Å². The number of carbonyl (C=O) groups is 2. The molecule has 0 aliphatic carbocycles. The maximum absolute atomic E-state index is 13.9. The Kier molecular flexibility index (Phi) is 7.05. The predicted octanol–water partition coefficient (Wildman–Crippen LogP) is 4.78. The average Bonchev–Trinajstić information content (AvgIpc) is 3.29. The Bertz CT molecular complexity index is 1380. The van der Waals surface area contributed by atoms with Crippen molar-refractivity contribution in [3.8, 4) is 5.75 Å². The molecule has 5 rings (SSSR count). The van der Waals surface area contributed by atoms with E-state index in [4.69, 9.17) is 25.8 Å². The number of ether oxygens (including phenoxy) is 3. The number of esters is 2. The molecule has 9 nitrogen and oxygen atoms in total. The molecule has 10 heteroatoms. The lowest BCUT2D eigenvalue weighted by atomic mass is 9.63. The summed E-state index contributed by atoms with van der Waals surface area (Å²) in [6, 6.07) is 20.8. The van der Waals surface area contributed by atoms with Crippen LogP contribution in [0.2, 0.25) is 5.02 Å². The van der Waals surface area contributed by atoms with Crippen LogP contribution in [-0.4, -0.2) is 41.2 Å². The molecular formula is C29H27ClN2O7. The van der Waals surface area contributed by atoms with Crippen molar-refractivity contribution in [3.63, 3.8) is 0 Å². The minimum atomic E-state index is -2.25. The molecule has 2 heterocycles. The number of nitrogens with zero attached hydrogens (tertiary/aromatic N) is 1. The zero-order valence-electron chi connectivity index (χ0n) is 21.3. The van der Waals surface area contributed by atoms with Crippen LogP contribution in [0, 0.1) is 10.1 Å². The highest BCUT2D eigenvalue weighted by Gasteiger charge is 2.82. The van der Waals surface area contributed by atoms with Crippen molar-refractivity contribution in [1.82, 2.24) is 5.32 Å². The predicted molar refractivity (Wildman–Crippen MR) is 142 cm³/mol. The normalized spacial score (nSPS) is 24.5. The maximum atomic E-state index is 13.9. The van der Waals surface area contributed by atoms with Gasteiger partial charge in [0.15, 0.2) is 6.10 Å². The van der Waals surface area contributed by atoms with Gasteiger partial charge in [-0.15, -0.1) is 0 Å². The van der Waals surface area contributed by atoms with Crippen molar-refractivity contribution in [2.45, 2.75) is 43.0 Å². The average molecular weight is 551 g/mol. The zero-order valence-corrected chi connectivity index (χ0v) is 22.1. The van der Waals surface area contributed by atoms with Gasteiger partial charge in [-0.25, -0.2) is 9.59 Å². The minimum absolute atomic E-state index is 0.0470. The minimum Gasteiger partial charge on any atom is -0.478 e. The topological polar surface area (TPSA) is 117 Å². The lowest BCUT2D eigenvalue weighted by Gasteiger charge is -2.43. The second kappa shape index (κ2) is 10.3. The first-order valence-corrected chi connectivity index (χ1v) is 13.0. The van der Waals surface area contributed by atoms with Crippen molar-refractivity contribution in [2.24, 2.45) is 0 Å². The number of para-hydroxylation sites is 1. The van der Waals surface area contributed by atoms with Gasteiger partial charge >= 0.3 is 11.9 Å². The first-order valence-electron chi connectivity index (χ1n) is 12.6. The van der Waals surface area contributed by atoms with Gasteiger partial charge < -0.3 is 14.2 Å². The van der Waals surface area contributed by atoms with Gasteiger partial charge in [-0.1, -0.05) is 72.3 Å². The van der Waals surface area contributed by atoms with E-state index < -0.39 is 46.0 Å². The smallest absolute Gasteiger partial charge is 0.339 e. The highest BCUT2D eigenvalue weighted by Crippen LogP contribution is 2.63. The molecule has 2 aliphatic heterocycles. The van der Waals surface area contributed by atoms with Crippen LogP contribution in [0.1, 0.15) is 48.6 Å². The molecule has 0 saturated carbocycles. The standard InChI is InChI=1S/C29H27ClN2O7/c1-3-37-26(33)28(27(34)38-4-2)23-21-12-8-9-13-22(21)39-25(19-14-16-20(30)17-15-19)29(23,32(35)36)24(31-28)18-10-6-5-7-11-18/h5-17,23-25,31H,3-4H2,1-2H3/t23-,24+,25-,29+/m0/s1. The SMILES string of the molecule is CCOC(=O)C1(C(=O)OCC)N[C@H](c2ccccc2)[C@@]2([N+](=O)[O-])[C@H](c3ccc(Cl)cc3)Oc3ccccc3[C@@H]12. The van der Waals surface area contributed by atoms with Crippen molar-refractivity contribution >= 4 is 23.5 Å². The number of hydrogen-bond donors (Lipinski definition) is 1. The Labute approximate surface area is 230 Å². The first kappa shape index (κ1) is 26.6. The van der Waals surface area contributed by atoms with E-state index in [1.807, 2.05) is 0 Å². The number of fused-ring (bicyclic) bond motifs is 3. The highest BCUT2D eigenvalue weighted by molar-refractivity contribution is 6.30. The molecule has 0 amide bonds. The largest absolute Gasteiger partial charge is 0.478 e. The second-order valence-corrected chi connectivity index (χ2v) is 9.84. The molecule has 3 aromatic rings. The van der Waals surface area contributed by atoms with Gasteiger partial charge in [-0.2, -0.15) is 0 Å². The molecule has 0 aromatic heterocycles. The molecule has 1 saturated heterocycles. The van der Waals surface area contributed by atoms with Gasteiger partial charge in [0.1, 0.15) is 17.7 Å². The molecular weight excluding hydrogens is 524 g/mol. The summed E-state index contributed by atoms with van der Waals surface area (Å²) in [6.45, 7) is 3.12. The Balaban J connectivity index is 1.91. The summed E-state index contributed by atoms with van der Waals surface area (Å²) in [6.07, 6.45) is -1.23.